The number of rotatable bonds is 20. The van der Waals surface area contributed by atoms with Crippen LogP contribution in [0.4, 0.5) is 0 Å². The van der Waals surface area contributed by atoms with E-state index in [1.165, 1.54) is 51.4 Å². The number of aliphatic carboxylic acids is 1. The van der Waals surface area contributed by atoms with Crippen molar-refractivity contribution < 1.29 is 27.7 Å². The molecule has 0 aromatic rings. The predicted molar refractivity (Wildman–Crippen MR) is 132 cm³/mol. The Morgan fingerprint density at radius 1 is 0.812 bits per heavy atom. The van der Waals surface area contributed by atoms with Crippen molar-refractivity contribution in [1.82, 2.24) is 5.32 Å². The number of allylic oxidation sites excluding steroid dienone is 2. The molecule has 32 heavy (non-hydrogen) atoms. The summed E-state index contributed by atoms with van der Waals surface area (Å²) in [5.41, 5.74) is 0. The molecule has 7 nitrogen and oxygen atoms in total. The number of nitrogens with one attached hydrogen (secondary N) is 1. The van der Waals surface area contributed by atoms with Crippen LogP contribution in [0.1, 0.15) is 103 Å². The number of carbonyl (C=O) groups excluding carboxylic acids is 1. The molecular weight excluding hydrogens is 452 g/mol. The van der Waals surface area contributed by atoms with Crippen molar-refractivity contribution in [3.8, 4) is 0 Å². The first-order valence-electron chi connectivity index (χ1n) is 11.4. The van der Waals surface area contributed by atoms with Gasteiger partial charge in [0.1, 0.15) is 0 Å². The van der Waals surface area contributed by atoms with Crippen LogP contribution in [0.3, 0.4) is 0 Å². The molecule has 0 aromatic carbocycles. The summed E-state index contributed by atoms with van der Waals surface area (Å²) in [6, 6.07) is 0. The van der Waals surface area contributed by atoms with Gasteiger partial charge in [-0.3, -0.25) is 14.1 Å². The topological polar surface area (TPSA) is 121 Å². The van der Waals surface area contributed by atoms with Gasteiger partial charge in [0.2, 0.25) is 5.91 Å². The number of unbranched alkanes of at least 4 members (excludes halogenated alkanes) is 12. The Labute approximate surface area is 239 Å². The molecule has 0 saturated heterocycles. The van der Waals surface area contributed by atoms with Crippen molar-refractivity contribution in [1.29, 1.82) is 0 Å². The van der Waals surface area contributed by atoms with Crippen molar-refractivity contribution in [2.75, 3.05) is 6.54 Å². The van der Waals surface area contributed by atoms with Crippen molar-refractivity contribution in [2.45, 2.75) is 108 Å². The fraction of sp³-hybridized carbons (Fsp3) is 0.818. The van der Waals surface area contributed by atoms with E-state index in [9.17, 15) is 18.0 Å². The molecule has 0 saturated carbocycles. The predicted octanol–water partition coefficient (Wildman–Crippen LogP) is 4.11. The number of amides is 1. The van der Waals surface area contributed by atoms with Crippen LogP contribution in [0.15, 0.2) is 12.2 Å². The number of carbonyl (C=O) groups is 2. The van der Waals surface area contributed by atoms with E-state index >= 15 is 0 Å². The second-order valence-electron chi connectivity index (χ2n) is 7.83. The van der Waals surface area contributed by atoms with E-state index in [2.05, 4.69) is 24.4 Å². The summed E-state index contributed by atoms with van der Waals surface area (Å²) in [5.74, 6) is -2.42. The summed E-state index contributed by atoms with van der Waals surface area (Å²) in [6.45, 7) is 2.51. The number of hydrogen-bond donors (Lipinski definition) is 3. The van der Waals surface area contributed by atoms with Crippen LogP contribution in [0.25, 0.3) is 0 Å². The molecule has 0 fully saturated rings. The van der Waals surface area contributed by atoms with Crippen LogP contribution in [-0.2, 0) is 19.7 Å². The molecule has 0 rings (SSSR count). The Bertz CT molecular complexity index is 599. The number of carboxylic acid groups (broad SMARTS) is 1. The van der Waals surface area contributed by atoms with E-state index in [0.29, 0.717) is 6.42 Å². The summed E-state index contributed by atoms with van der Waals surface area (Å²) in [6.07, 6.45) is 20.0. The standard InChI is InChI=1S/C22H41NO6S.2Na/c1-2-3-4-5-6-7-8-9-10-11-12-13-14-15-16-17-18-23-22(26)20(19-21(24)25)30(27,28)29;;/h9-10,20H,2-8,11-19H2,1H3,(H,23,26)(H,24,25)(H,27,28,29);;/b10-9-;;. The SMILES string of the molecule is CCCCCCCC/C=C\CCCCCCCCNC(=O)C(CC(=O)O)S(=O)(=O)O.[Na].[Na]. The quantitative estimate of drug-likeness (QED) is 0.102. The molecule has 2 radical (unpaired) electrons. The maximum atomic E-state index is 11.8. The molecule has 0 bridgehead atoms. The third-order valence-corrected chi connectivity index (χ3v) is 6.10. The van der Waals surface area contributed by atoms with E-state index < -0.39 is 33.7 Å². The average Bonchev–Trinajstić information content (AvgIpc) is 2.67. The molecule has 0 aliphatic rings. The molecule has 10 heteroatoms. The molecule has 1 amide bonds. The molecule has 1 atom stereocenters. The van der Waals surface area contributed by atoms with Crippen LogP contribution < -0.4 is 5.32 Å². The molecule has 0 heterocycles. The van der Waals surface area contributed by atoms with E-state index in [4.69, 9.17) is 9.66 Å². The van der Waals surface area contributed by atoms with Gasteiger partial charge < -0.3 is 10.4 Å². The molecule has 1 unspecified atom stereocenters. The van der Waals surface area contributed by atoms with Gasteiger partial charge in [-0.05, 0) is 32.1 Å². The minimum absolute atomic E-state index is 0. The molecule has 0 aliphatic heterocycles. The molecular formula is C22H41NNa2O6S. The van der Waals surface area contributed by atoms with Gasteiger partial charge in [-0.15, -0.1) is 0 Å². The fourth-order valence-corrected chi connectivity index (χ4v) is 3.90. The van der Waals surface area contributed by atoms with Gasteiger partial charge in [-0.1, -0.05) is 76.9 Å². The smallest absolute Gasteiger partial charge is 0.305 e. The van der Waals surface area contributed by atoms with Crippen LogP contribution >= 0.6 is 0 Å². The van der Waals surface area contributed by atoms with Gasteiger partial charge in [-0.2, -0.15) is 8.42 Å². The zero-order valence-corrected chi connectivity index (χ0v) is 25.3. The van der Waals surface area contributed by atoms with Gasteiger partial charge in [0.15, 0.2) is 5.25 Å². The number of carboxylic acids is 1. The second kappa shape index (κ2) is 24.7. The normalized spacial score (nSPS) is 12.1. The van der Waals surface area contributed by atoms with Crippen LogP contribution in [-0.4, -0.2) is 101 Å². The first-order chi connectivity index (χ1) is 14.3. The van der Waals surface area contributed by atoms with Crippen LogP contribution in [0, 0.1) is 0 Å². The van der Waals surface area contributed by atoms with E-state index in [-0.39, 0.29) is 65.7 Å². The first kappa shape index (κ1) is 37.1. The first-order valence-corrected chi connectivity index (χ1v) is 12.9. The number of hydrogen-bond acceptors (Lipinski definition) is 4. The van der Waals surface area contributed by atoms with Crippen molar-refractivity contribution in [3.05, 3.63) is 12.2 Å². The minimum atomic E-state index is -4.73. The molecule has 0 spiro atoms. The Balaban J connectivity index is -0.00000420. The minimum Gasteiger partial charge on any atom is -0.481 e. The maximum Gasteiger partial charge on any atom is 0.305 e. The Hall–Kier alpha value is 0.590. The van der Waals surface area contributed by atoms with Gasteiger partial charge in [0.25, 0.3) is 10.1 Å². The molecule has 3 N–H and O–H groups in total. The molecule has 0 aliphatic carbocycles. The Morgan fingerprint density at radius 3 is 1.69 bits per heavy atom. The summed E-state index contributed by atoms with van der Waals surface area (Å²) in [7, 11) is -4.73. The van der Waals surface area contributed by atoms with Gasteiger partial charge in [0, 0.05) is 65.7 Å². The van der Waals surface area contributed by atoms with Crippen LogP contribution in [0.5, 0.6) is 0 Å². The van der Waals surface area contributed by atoms with E-state index in [1.54, 1.807) is 0 Å². The fourth-order valence-electron chi connectivity index (χ4n) is 3.19. The van der Waals surface area contributed by atoms with E-state index in [0.717, 1.165) is 32.1 Å². The Kier molecular flexibility index (Phi) is 28.7. The third-order valence-electron chi connectivity index (χ3n) is 5.00. The second-order valence-corrected chi connectivity index (χ2v) is 9.43. The summed E-state index contributed by atoms with van der Waals surface area (Å²) in [4.78, 5) is 22.4. The monoisotopic (exact) mass is 493 g/mol. The van der Waals surface area contributed by atoms with Crippen LogP contribution in [0.2, 0.25) is 0 Å². The average molecular weight is 494 g/mol. The van der Waals surface area contributed by atoms with Crippen molar-refractivity contribution in [3.63, 3.8) is 0 Å². The van der Waals surface area contributed by atoms with Crippen molar-refractivity contribution in [2.24, 2.45) is 0 Å². The van der Waals surface area contributed by atoms with Crippen molar-refractivity contribution >= 4 is 81.1 Å². The summed E-state index contributed by atoms with van der Waals surface area (Å²) < 4.78 is 31.2. The molecule has 178 valence electrons. The van der Waals surface area contributed by atoms with E-state index in [1.807, 2.05) is 0 Å². The zero-order chi connectivity index (χ0) is 22.7. The largest absolute Gasteiger partial charge is 0.481 e. The van der Waals surface area contributed by atoms with Gasteiger partial charge in [0.05, 0.1) is 6.42 Å². The zero-order valence-electron chi connectivity index (χ0n) is 20.5. The third kappa shape index (κ3) is 23.7. The summed E-state index contributed by atoms with van der Waals surface area (Å²) in [5, 5.41) is 9.10. The van der Waals surface area contributed by atoms with Gasteiger partial charge in [-0.25, -0.2) is 0 Å². The maximum absolute atomic E-state index is 11.8. The molecule has 0 aromatic heterocycles. The van der Waals surface area contributed by atoms with Gasteiger partial charge >= 0.3 is 5.97 Å². The Morgan fingerprint density at radius 2 is 1.25 bits per heavy atom. The summed E-state index contributed by atoms with van der Waals surface area (Å²) >= 11 is 0.